The van der Waals surface area contributed by atoms with Gasteiger partial charge in [0.1, 0.15) is 16.8 Å². The van der Waals surface area contributed by atoms with Gasteiger partial charge >= 0.3 is 0 Å². The molecule has 0 unspecified atom stereocenters. The highest BCUT2D eigenvalue weighted by Gasteiger charge is 2.10. The number of benzene rings is 2. The summed E-state index contributed by atoms with van der Waals surface area (Å²) < 4.78 is 5.51. The van der Waals surface area contributed by atoms with Crippen LogP contribution in [0.1, 0.15) is 16.1 Å². The van der Waals surface area contributed by atoms with E-state index in [0.717, 1.165) is 11.3 Å². The van der Waals surface area contributed by atoms with Gasteiger partial charge in [-0.25, -0.2) is 4.98 Å². The van der Waals surface area contributed by atoms with Crippen LogP contribution in [0.15, 0.2) is 53.1 Å². The maximum atomic E-state index is 12.4. The summed E-state index contributed by atoms with van der Waals surface area (Å²) in [7, 11) is 0. The normalized spacial score (nSPS) is 10.9. The molecule has 24 heavy (non-hydrogen) atoms. The number of hydrogen-bond acceptors (Lipinski definition) is 5. The van der Waals surface area contributed by atoms with Gasteiger partial charge in [-0.1, -0.05) is 6.07 Å². The molecule has 2 aromatic carbocycles. The van der Waals surface area contributed by atoms with Gasteiger partial charge in [-0.05, 0) is 43.3 Å². The molecule has 0 saturated carbocycles. The van der Waals surface area contributed by atoms with E-state index in [0.29, 0.717) is 28.2 Å². The van der Waals surface area contributed by atoms with Crippen molar-refractivity contribution < 1.29 is 9.21 Å². The summed E-state index contributed by atoms with van der Waals surface area (Å²) in [5.41, 5.74) is 3.33. The zero-order valence-corrected chi connectivity index (χ0v) is 12.8. The minimum atomic E-state index is -0.222. The summed E-state index contributed by atoms with van der Waals surface area (Å²) in [6.07, 6.45) is 1.66. The molecular weight excluding hydrogens is 306 g/mol. The van der Waals surface area contributed by atoms with Gasteiger partial charge in [0, 0.05) is 16.8 Å². The smallest absolute Gasteiger partial charge is 0.255 e. The van der Waals surface area contributed by atoms with E-state index in [4.69, 9.17) is 4.42 Å². The van der Waals surface area contributed by atoms with Gasteiger partial charge in [-0.15, -0.1) is 0 Å². The monoisotopic (exact) mass is 319 g/mol. The van der Waals surface area contributed by atoms with E-state index >= 15 is 0 Å². The van der Waals surface area contributed by atoms with Gasteiger partial charge in [0.05, 0.1) is 6.20 Å². The van der Waals surface area contributed by atoms with Crippen LogP contribution >= 0.6 is 0 Å². The first-order valence-corrected chi connectivity index (χ1v) is 7.34. The maximum Gasteiger partial charge on any atom is 0.255 e. The fourth-order valence-corrected chi connectivity index (χ4v) is 2.40. The highest BCUT2D eigenvalue weighted by molar-refractivity contribution is 6.06. The van der Waals surface area contributed by atoms with Crippen molar-refractivity contribution in [1.29, 1.82) is 0 Å². The van der Waals surface area contributed by atoms with Crippen LogP contribution in [-0.2, 0) is 0 Å². The Balaban J connectivity index is 1.59. The largest absolute Gasteiger partial charge is 0.441 e. The lowest BCUT2D eigenvalue weighted by Gasteiger charge is -2.06. The Bertz CT molecular complexity index is 1030. The number of fused-ring (bicyclic) bond motifs is 1. The molecule has 0 aliphatic carbocycles. The Hall–Kier alpha value is -3.48. The standard InChI is InChI=1S/C17H13N5O2/c1-10-9-18-17(24-10)12-3-2-4-13(7-12)19-16(23)11-5-6-14-15(8-11)21-22-20-14/h2-9H,1H3,(H,19,23)(H,20,21,22). The lowest BCUT2D eigenvalue weighted by Crippen LogP contribution is -2.11. The predicted octanol–water partition coefficient (Wildman–Crippen LogP) is 3.17. The molecule has 0 spiro atoms. The number of nitrogens with one attached hydrogen (secondary N) is 2. The van der Waals surface area contributed by atoms with Crippen LogP contribution in [0.4, 0.5) is 5.69 Å². The molecule has 7 heteroatoms. The first-order chi connectivity index (χ1) is 11.7. The van der Waals surface area contributed by atoms with Gasteiger partial charge in [-0.3, -0.25) is 4.79 Å². The number of carbonyl (C=O) groups is 1. The van der Waals surface area contributed by atoms with Crippen LogP contribution in [-0.4, -0.2) is 26.3 Å². The molecule has 2 N–H and O–H groups in total. The zero-order valence-electron chi connectivity index (χ0n) is 12.8. The van der Waals surface area contributed by atoms with Crippen molar-refractivity contribution in [1.82, 2.24) is 20.4 Å². The fourth-order valence-electron chi connectivity index (χ4n) is 2.40. The van der Waals surface area contributed by atoms with Crippen LogP contribution in [0.25, 0.3) is 22.5 Å². The number of H-pyrrole nitrogens is 1. The number of rotatable bonds is 3. The minimum absolute atomic E-state index is 0.222. The molecule has 118 valence electrons. The third-order valence-corrected chi connectivity index (χ3v) is 3.57. The van der Waals surface area contributed by atoms with Crippen molar-refractivity contribution in [3.63, 3.8) is 0 Å². The molecule has 0 aliphatic heterocycles. The van der Waals surface area contributed by atoms with Crippen molar-refractivity contribution >= 4 is 22.6 Å². The highest BCUT2D eigenvalue weighted by atomic mass is 16.4. The van der Waals surface area contributed by atoms with Crippen molar-refractivity contribution in [3.05, 3.63) is 60.0 Å². The second-order valence-corrected chi connectivity index (χ2v) is 5.34. The molecule has 4 aromatic rings. The number of amides is 1. The molecular formula is C17H13N5O2. The second-order valence-electron chi connectivity index (χ2n) is 5.34. The van der Waals surface area contributed by atoms with Gasteiger partial charge in [0.15, 0.2) is 0 Å². The first kappa shape index (κ1) is 14.1. The average molecular weight is 319 g/mol. The van der Waals surface area contributed by atoms with Crippen molar-refractivity contribution in [3.8, 4) is 11.5 Å². The van der Waals surface area contributed by atoms with Crippen molar-refractivity contribution in [2.24, 2.45) is 0 Å². The summed E-state index contributed by atoms with van der Waals surface area (Å²) >= 11 is 0. The van der Waals surface area contributed by atoms with E-state index in [-0.39, 0.29) is 5.91 Å². The SMILES string of the molecule is Cc1cnc(-c2cccc(NC(=O)c3ccc4n[nH]nc4c3)c2)o1. The predicted molar refractivity (Wildman–Crippen MR) is 88.5 cm³/mol. The lowest BCUT2D eigenvalue weighted by atomic mass is 10.1. The van der Waals surface area contributed by atoms with E-state index in [9.17, 15) is 4.79 Å². The number of oxazole rings is 1. The molecule has 2 aromatic heterocycles. The van der Waals surface area contributed by atoms with Gasteiger partial charge in [-0.2, -0.15) is 15.4 Å². The van der Waals surface area contributed by atoms with Crippen LogP contribution in [0.2, 0.25) is 0 Å². The third-order valence-electron chi connectivity index (χ3n) is 3.57. The topological polar surface area (TPSA) is 96.7 Å². The van der Waals surface area contributed by atoms with Crippen LogP contribution < -0.4 is 5.32 Å². The van der Waals surface area contributed by atoms with Crippen LogP contribution in [0.5, 0.6) is 0 Å². The Kier molecular flexibility index (Phi) is 3.31. The average Bonchev–Trinajstić information content (AvgIpc) is 3.23. The summed E-state index contributed by atoms with van der Waals surface area (Å²) in [5, 5.41) is 13.4. The minimum Gasteiger partial charge on any atom is -0.441 e. The van der Waals surface area contributed by atoms with Gasteiger partial charge in [0.25, 0.3) is 5.91 Å². The van der Waals surface area contributed by atoms with Crippen LogP contribution in [0.3, 0.4) is 0 Å². The van der Waals surface area contributed by atoms with Crippen molar-refractivity contribution in [2.45, 2.75) is 6.92 Å². The van der Waals surface area contributed by atoms with E-state index < -0.39 is 0 Å². The van der Waals surface area contributed by atoms with Crippen LogP contribution in [0, 0.1) is 6.92 Å². The molecule has 1 amide bonds. The summed E-state index contributed by atoms with van der Waals surface area (Å²) in [4.78, 5) is 16.6. The number of anilines is 1. The van der Waals surface area contributed by atoms with Gasteiger partial charge in [0.2, 0.25) is 5.89 Å². The van der Waals surface area contributed by atoms with E-state index in [1.54, 1.807) is 24.4 Å². The lowest BCUT2D eigenvalue weighted by molar-refractivity contribution is 0.102. The zero-order chi connectivity index (χ0) is 16.5. The maximum absolute atomic E-state index is 12.4. The summed E-state index contributed by atoms with van der Waals surface area (Å²) in [5.74, 6) is 1.04. The molecule has 0 bridgehead atoms. The molecule has 0 radical (unpaired) electrons. The number of hydrogen-bond donors (Lipinski definition) is 2. The molecule has 2 heterocycles. The number of aromatic nitrogens is 4. The van der Waals surface area contributed by atoms with E-state index in [1.165, 1.54) is 0 Å². The third kappa shape index (κ3) is 2.63. The number of aromatic amines is 1. The summed E-state index contributed by atoms with van der Waals surface area (Å²) in [6, 6.07) is 12.5. The number of aryl methyl sites for hydroxylation is 1. The van der Waals surface area contributed by atoms with Gasteiger partial charge < -0.3 is 9.73 Å². The second kappa shape index (κ2) is 5.62. The van der Waals surface area contributed by atoms with Crippen molar-refractivity contribution in [2.75, 3.05) is 5.32 Å². The first-order valence-electron chi connectivity index (χ1n) is 7.34. The Morgan fingerprint density at radius 3 is 2.83 bits per heavy atom. The molecule has 7 nitrogen and oxygen atoms in total. The molecule has 0 aliphatic rings. The Labute approximate surface area is 136 Å². The number of carbonyl (C=O) groups excluding carboxylic acids is 1. The van der Waals surface area contributed by atoms with E-state index in [1.807, 2.05) is 31.2 Å². The fraction of sp³-hybridized carbons (Fsp3) is 0.0588. The quantitative estimate of drug-likeness (QED) is 0.604. The molecule has 4 rings (SSSR count). The molecule has 0 saturated heterocycles. The molecule has 0 atom stereocenters. The molecule has 0 fully saturated rings. The Morgan fingerprint density at radius 1 is 1.12 bits per heavy atom. The highest BCUT2D eigenvalue weighted by Crippen LogP contribution is 2.23. The Morgan fingerprint density at radius 2 is 2.00 bits per heavy atom. The van der Waals surface area contributed by atoms with E-state index in [2.05, 4.69) is 25.7 Å². The summed E-state index contributed by atoms with van der Waals surface area (Å²) in [6.45, 7) is 1.84. The number of nitrogens with zero attached hydrogens (tertiary/aromatic N) is 3.